The Labute approximate surface area is 237 Å². The summed E-state index contributed by atoms with van der Waals surface area (Å²) in [5.74, 6) is -1.53. The SMILES string of the molecule is COc1ccc(N2C(=O)/C(=N\Nc3cccc(-c4cccc(C(=O)O)c4)c3O)c3ccc(C(F)(F)F)cc32)cc1OC. The van der Waals surface area contributed by atoms with E-state index in [0.29, 0.717) is 16.9 Å². The quantitative estimate of drug-likeness (QED) is 0.174. The number of rotatable bonds is 7. The number of anilines is 3. The van der Waals surface area contributed by atoms with Crippen LogP contribution >= 0.6 is 0 Å². The van der Waals surface area contributed by atoms with E-state index in [2.05, 4.69) is 10.5 Å². The molecule has 42 heavy (non-hydrogen) atoms. The fraction of sp³-hybridized carbons (Fsp3) is 0.100. The van der Waals surface area contributed by atoms with Crippen LogP contribution in [0.4, 0.5) is 30.2 Å². The molecule has 0 spiro atoms. The molecule has 1 heterocycles. The highest BCUT2D eigenvalue weighted by Crippen LogP contribution is 2.43. The lowest BCUT2D eigenvalue weighted by Gasteiger charge is -2.19. The van der Waals surface area contributed by atoms with Gasteiger partial charge in [0.1, 0.15) is 5.75 Å². The normalized spacial score (nSPS) is 13.7. The van der Waals surface area contributed by atoms with Gasteiger partial charge in [0.25, 0.3) is 5.91 Å². The van der Waals surface area contributed by atoms with Crippen molar-refractivity contribution < 1.29 is 42.4 Å². The van der Waals surface area contributed by atoms with Crippen LogP contribution in [0.2, 0.25) is 0 Å². The number of carboxylic acid groups (broad SMARTS) is 1. The van der Waals surface area contributed by atoms with Gasteiger partial charge in [-0.2, -0.15) is 18.3 Å². The molecule has 9 nitrogen and oxygen atoms in total. The number of para-hydroxylation sites is 1. The van der Waals surface area contributed by atoms with Gasteiger partial charge in [-0.15, -0.1) is 0 Å². The molecule has 0 aromatic heterocycles. The van der Waals surface area contributed by atoms with E-state index in [9.17, 15) is 33.0 Å². The van der Waals surface area contributed by atoms with Crippen molar-refractivity contribution in [1.82, 2.24) is 0 Å². The number of ether oxygens (including phenoxy) is 2. The Morgan fingerprint density at radius 3 is 2.33 bits per heavy atom. The third-order valence-corrected chi connectivity index (χ3v) is 6.60. The Hall–Kier alpha value is -5.52. The molecule has 1 amide bonds. The third kappa shape index (κ3) is 5.05. The number of phenolic OH excluding ortho intramolecular Hbond substituents is 1. The van der Waals surface area contributed by atoms with Crippen LogP contribution < -0.4 is 19.8 Å². The minimum absolute atomic E-state index is 0.0205. The zero-order chi connectivity index (χ0) is 30.2. The number of aromatic hydroxyl groups is 1. The summed E-state index contributed by atoms with van der Waals surface area (Å²) in [5, 5.41) is 24.4. The molecule has 0 bridgehead atoms. The fourth-order valence-electron chi connectivity index (χ4n) is 4.55. The average Bonchev–Trinajstić information content (AvgIpc) is 3.25. The van der Waals surface area contributed by atoms with Gasteiger partial charge in [0.2, 0.25) is 0 Å². The average molecular weight is 578 g/mol. The van der Waals surface area contributed by atoms with Gasteiger partial charge in [-0.3, -0.25) is 15.1 Å². The number of fused-ring (bicyclic) bond motifs is 1. The predicted octanol–water partition coefficient (Wildman–Crippen LogP) is 6.29. The number of aromatic carboxylic acids is 1. The summed E-state index contributed by atoms with van der Waals surface area (Å²) in [4.78, 5) is 26.1. The van der Waals surface area contributed by atoms with Crippen LogP contribution in [0.15, 0.2) is 84.0 Å². The molecule has 0 saturated carbocycles. The van der Waals surface area contributed by atoms with E-state index in [1.807, 2.05) is 0 Å². The molecule has 0 atom stereocenters. The second-order valence-corrected chi connectivity index (χ2v) is 9.07. The standard InChI is InChI=1S/C30H22F3N3O6/c1-41-24-12-10-19(15-25(24)42-2)36-23-14-18(30(31,32)33)9-11-21(23)26(28(36)38)35-34-22-8-4-7-20(27(22)37)16-5-3-6-17(13-16)29(39)40/h3-15,34,37H,1-2H3,(H,39,40)/b35-26-. The number of nitrogens with zero attached hydrogens (tertiary/aromatic N) is 2. The van der Waals surface area contributed by atoms with Crippen LogP contribution in [0.3, 0.4) is 0 Å². The minimum Gasteiger partial charge on any atom is -0.505 e. The number of carboxylic acids is 1. The smallest absolute Gasteiger partial charge is 0.416 e. The lowest BCUT2D eigenvalue weighted by Crippen LogP contribution is -2.26. The highest BCUT2D eigenvalue weighted by atomic mass is 19.4. The maximum atomic E-state index is 13.7. The molecule has 12 heteroatoms. The van der Waals surface area contributed by atoms with E-state index in [0.717, 1.165) is 23.1 Å². The summed E-state index contributed by atoms with van der Waals surface area (Å²) < 4.78 is 51.4. The second kappa shape index (κ2) is 10.8. The summed E-state index contributed by atoms with van der Waals surface area (Å²) in [6.45, 7) is 0. The highest BCUT2D eigenvalue weighted by molar-refractivity contribution is 6.55. The van der Waals surface area contributed by atoms with Crippen molar-refractivity contribution in [1.29, 1.82) is 0 Å². The second-order valence-electron chi connectivity index (χ2n) is 9.07. The molecular weight excluding hydrogens is 555 g/mol. The fourth-order valence-corrected chi connectivity index (χ4v) is 4.55. The van der Waals surface area contributed by atoms with Gasteiger partial charge in [0.15, 0.2) is 17.2 Å². The summed E-state index contributed by atoms with van der Waals surface area (Å²) in [5.41, 5.74) is 2.58. The van der Waals surface area contributed by atoms with Crippen molar-refractivity contribution in [3.63, 3.8) is 0 Å². The van der Waals surface area contributed by atoms with Crippen LogP contribution in [-0.4, -0.2) is 42.0 Å². The van der Waals surface area contributed by atoms with Crippen LogP contribution in [0.1, 0.15) is 21.5 Å². The largest absolute Gasteiger partial charge is 0.505 e. The van der Waals surface area contributed by atoms with E-state index < -0.39 is 23.6 Å². The van der Waals surface area contributed by atoms with Gasteiger partial charge in [-0.25, -0.2) is 4.79 Å². The lowest BCUT2D eigenvalue weighted by molar-refractivity contribution is -0.137. The predicted molar refractivity (Wildman–Crippen MR) is 149 cm³/mol. The van der Waals surface area contributed by atoms with Crippen molar-refractivity contribution in [3.8, 4) is 28.4 Å². The molecule has 4 aromatic carbocycles. The number of hydrazone groups is 1. The zero-order valence-electron chi connectivity index (χ0n) is 22.1. The number of alkyl halides is 3. The van der Waals surface area contributed by atoms with Crippen LogP contribution in [0.5, 0.6) is 17.2 Å². The van der Waals surface area contributed by atoms with E-state index >= 15 is 0 Å². The van der Waals surface area contributed by atoms with Gasteiger partial charge in [0, 0.05) is 17.2 Å². The van der Waals surface area contributed by atoms with Crippen molar-refractivity contribution >= 4 is 34.7 Å². The Morgan fingerprint density at radius 1 is 0.905 bits per heavy atom. The number of nitrogens with one attached hydrogen (secondary N) is 1. The number of carbonyl (C=O) groups is 2. The molecule has 5 rings (SSSR count). The molecular formula is C30H22F3N3O6. The number of methoxy groups -OCH3 is 2. The molecule has 0 saturated heterocycles. The van der Waals surface area contributed by atoms with E-state index in [1.165, 1.54) is 56.7 Å². The van der Waals surface area contributed by atoms with E-state index in [1.54, 1.807) is 18.2 Å². The first-order valence-electron chi connectivity index (χ1n) is 12.3. The monoisotopic (exact) mass is 577 g/mol. The Bertz CT molecular complexity index is 1750. The zero-order valence-corrected chi connectivity index (χ0v) is 22.1. The Morgan fingerprint density at radius 2 is 1.64 bits per heavy atom. The molecule has 0 aliphatic carbocycles. The summed E-state index contributed by atoms with van der Waals surface area (Å²) in [6, 6.07) is 17.9. The number of hydrogen-bond acceptors (Lipinski definition) is 7. The van der Waals surface area contributed by atoms with Gasteiger partial charge in [-0.05, 0) is 54.1 Å². The molecule has 214 valence electrons. The number of amides is 1. The summed E-state index contributed by atoms with van der Waals surface area (Å²) in [6.07, 6.45) is -4.66. The Balaban J connectivity index is 1.57. The van der Waals surface area contributed by atoms with E-state index in [-0.39, 0.29) is 45.4 Å². The number of phenols is 1. The van der Waals surface area contributed by atoms with Gasteiger partial charge >= 0.3 is 12.1 Å². The first-order chi connectivity index (χ1) is 20.0. The first kappa shape index (κ1) is 28.0. The van der Waals surface area contributed by atoms with Crippen LogP contribution in [-0.2, 0) is 11.0 Å². The molecule has 3 N–H and O–H groups in total. The van der Waals surface area contributed by atoms with E-state index in [4.69, 9.17) is 9.47 Å². The van der Waals surface area contributed by atoms with Gasteiger partial charge in [0.05, 0.1) is 42.4 Å². The lowest BCUT2D eigenvalue weighted by atomic mass is 10.0. The molecule has 0 unspecified atom stereocenters. The highest BCUT2D eigenvalue weighted by Gasteiger charge is 2.39. The summed E-state index contributed by atoms with van der Waals surface area (Å²) >= 11 is 0. The number of carbonyl (C=O) groups excluding carboxylic acids is 1. The molecule has 4 aromatic rings. The van der Waals surface area contributed by atoms with Crippen molar-refractivity contribution in [2.45, 2.75) is 6.18 Å². The van der Waals surface area contributed by atoms with Crippen molar-refractivity contribution in [2.75, 3.05) is 24.5 Å². The third-order valence-electron chi connectivity index (χ3n) is 6.60. The summed E-state index contributed by atoms with van der Waals surface area (Å²) in [7, 11) is 2.81. The van der Waals surface area contributed by atoms with Gasteiger partial charge in [-0.1, -0.05) is 24.3 Å². The molecule has 0 fully saturated rings. The van der Waals surface area contributed by atoms with Crippen LogP contribution in [0.25, 0.3) is 11.1 Å². The van der Waals surface area contributed by atoms with Gasteiger partial charge < -0.3 is 19.7 Å². The number of halogens is 3. The number of hydrogen-bond donors (Lipinski definition) is 3. The van der Waals surface area contributed by atoms with Crippen molar-refractivity contribution in [3.05, 3.63) is 95.6 Å². The maximum absolute atomic E-state index is 13.7. The first-order valence-corrected chi connectivity index (χ1v) is 12.3. The topological polar surface area (TPSA) is 121 Å². The van der Waals surface area contributed by atoms with Crippen molar-refractivity contribution in [2.24, 2.45) is 5.10 Å². The maximum Gasteiger partial charge on any atom is 0.416 e. The molecule has 0 radical (unpaired) electrons. The number of benzene rings is 4. The molecule has 1 aliphatic rings. The minimum atomic E-state index is -4.66. The molecule has 1 aliphatic heterocycles. The Kier molecular flexibility index (Phi) is 7.21. The van der Waals surface area contributed by atoms with Crippen LogP contribution in [0, 0.1) is 0 Å².